The number of likely N-dealkylation sites (tertiary alicyclic amines) is 1. The minimum Gasteiger partial charge on any atom is -0.465 e. The standard InChI is InChI=1S/C34H47N4O2.C2H6/c1-7-8-12-31(24(2)3)37(22-26-13-15-27(16-14-26)23-38(5)19-10-9-11-20-38)32-25(4)33(35)36-30-21-28(34(39)40-6)17-18-29(30)32;1-2/h13-18,21H,7-12,19-20,22-23H2,1-6H3,(H2,35,36);1-2H3/q+1;. The Kier molecular flexibility index (Phi) is 12.0. The Hall–Kier alpha value is -3.38. The molecule has 0 unspecified atom stereocenters. The van der Waals surface area contributed by atoms with E-state index >= 15 is 0 Å². The number of unbranched alkanes of at least 4 members (excludes halogenated alkanes) is 1. The highest BCUT2D eigenvalue weighted by atomic mass is 16.5. The second-order valence-electron chi connectivity index (χ2n) is 11.9. The van der Waals surface area contributed by atoms with Gasteiger partial charge in [-0.2, -0.15) is 0 Å². The molecular weight excluding hydrogens is 520 g/mol. The quantitative estimate of drug-likeness (QED) is 0.194. The van der Waals surface area contributed by atoms with Crippen molar-refractivity contribution in [1.82, 2.24) is 4.98 Å². The van der Waals surface area contributed by atoms with Crippen LogP contribution in [0.1, 0.15) is 100 Å². The smallest absolute Gasteiger partial charge is 0.337 e. The number of fused-ring (bicyclic) bond motifs is 1. The first kappa shape index (κ1) is 33.1. The number of methoxy groups -OCH3 is 1. The number of aromatic nitrogens is 1. The van der Waals surface area contributed by atoms with Crippen LogP contribution in [0.2, 0.25) is 0 Å². The van der Waals surface area contributed by atoms with Crippen LogP contribution in [0.5, 0.6) is 0 Å². The molecule has 42 heavy (non-hydrogen) atoms. The maximum Gasteiger partial charge on any atom is 0.337 e. The van der Waals surface area contributed by atoms with Crippen LogP contribution >= 0.6 is 0 Å². The molecule has 1 fully saturated rings. The van der Waals surface area contributed by atoms with Gasteiger partial charge in [-0.3, -0.25) is 0 Å². The van der Waals surface area contributed by atoms with E-state index in [4.69, 9.17) is 10.5 Å². The summed E-state index contributed by atoms with van der Waals surface area (Å²) in [5.41, 5.74) is 14.9. The highest BCUT2D eigenvalue weighted by molar-refractivity contribution is 6.00. The fraction of sp³-hybridized carbons (Fsp3) is 0.500. The number of hydrogen-bond donors (Lipinski definition) is 1. The van der Waals surface area contributed by atoms with Gasteiger partial charge in [-0.05, 0) is 76.6 Å². The molecule has 6 heteroatoms. The zero-order valence-corrected chi connectivity index (χ0v) is 27.3. The van der Waals surface area contributed by atoms with Gasteiger partial charge in [0, 0.05) is 28.8 Å². The Balaban J connectivity index is 0.00000237. The van der Waals surface area contributed by atoms with Crippen molar-refractivity contribution < 1.29 is 14.0 Å². The normalized spacial score (nSPS) is 14.1. The number of carbonyl (C=O) groups is 1. The first-order valence-corrected chi connectivity index (χ1v) is 15.8. The molecule has 0 saturated carbocycles. The van der Waals surface area contributed by atoms with Crippen molar-refractivity contribution in [3.05, 3.63) is 76.0 Å². The van der Waals surface area contributed by atoms with Gasteiger partial charge in [0.25, 0.3) is 0 Å². The van der Waals surface area contributed by atoms with Crippen LogP contribution < -0.4 is 10.6 Å². The topological polar surface area (TPSA) is 68.5 Å². The number of rotatable bonds is 10. The largest absolute Gasteiger partial charge is 0.465 e. The van der Waals surface area contributed by atoms with Crippen LogP contribution in [0.3, 0.4) is 0 Å². The van der Waals surface area contributed by atoms with Crippen LogP contribution in [0.15, 0.2) is 53.7 Å². The van der Waals surface area contributed by atoms with Crippen molar-refractivity contribution in [3.63, 3.8) is 0 Å². The first-order valence-electron chi connectivity index (χ1n) is 15.8. The molecular formula is C36H53N4O2+. The van der Waals surface area contributed by atoms with E-state index in [2.05, 4.69) is 62.0 Å². The van der Waals surface area contributed by atoms with Crippen LogP contribution in [-0.4, -0.2) is 42.7 Å². The molecule has 2 N–H and O–H groups in total. The van der Waals surface area contributed by atoms with Gasteiger partial charge in [0.15, 0.2) is 0 Å². The number of hydrogen-bond acceptors (Lipinski definition) is 5. The van der Waals surface area contributed by atoms with Crippen molar-refractivity contribution in [2.75, 3.05) is 37.9 Å². The molecule has 3 aromatic rings. The predicted octanol–water partition coefficient (Wildman–Crippen LogP) is 8.56. The van der Waals surface area contributed by atoms with Crippen molar-refractivity contribution in [2.45, 2.75) is 93.2 Å². The maximum absolute atomic E-state index is 12.3. The number of nitrogens with zero attached hydrogens (tertiary/aromatic N) is 3. The molecule has 1 aliphatic heterocycles. The molecule has 0 bridgehead atoms. The monoisotopic (exact) mass is 573 g/mol. The Morgan fingerprint density at radius 2 is 1.67 bits per heavy atom. The van der Waals surface area contributed by atoms with Crippen molar-refractivity contribution in [1.29, 1.82) is 0 Å². The summed E-state index contributed by atoms with van der Waals surface area (Å²) < 4.78 is 6.09. The number of quaternary nitrogens is 1. The summed E-state index contributed by atoms with van der Waals surface area (Å²) in [5, 5.41) is 0.980. The molecule has 4 rings (SSSR count). The molecule has 0 atom stereocenters. The van der Waals surface area contributed by atoms with E-state index in [0.717, 1.165) is 53.5 Å². The minimum absolute atomic E-state index is 0.380. The fourth-order valence-corrected chi connectivity index (χ4v) is 6.07. The number of anilines is 2. The zero-order chi connectivity index (χ0) is 30.9. The van der Waals surface area contributed by atoms with Crippen LogP contribution in [-0.2, 0) is 17.8 Å². The van der Waals surface area contributed by atoms with Crippen molar-refractivity contribution in [3.8, 4) is 0 Å². The summed E-state index contributed by atoms with van der Waals surface area (Å²) in [5.74, 6) is 0.0990. The minimum atomic E-state index is -0.380. The maximum atomic E-state index is 12.3. The van der Waals surface area contributed by atoms with Gasteiger partial charge in [0.2, 0.25) is 0 Å². The second kappa shape index (κ2) is 15.2. The lowest BCUT2D eigenvalue weighted by Gasteiger charge is -2.38. The summed E-state index contributed by atoms with van der Waals surface area (Å²) in [6.07, 6.45) is 7.24. The van der Waals surface area contributed by atoms with Crippen molar-refractivity contribution in [2.24, 2.45) is 0 Å². The number of carbonyl (C=O) groups excluding carboxylic acids is 1. The average molecular weight is 574 g/mol. The lowest BCUT2D eigenvalue weighted by molar-refractivity contribution is -0.926. The van der Waals surface area contributed by atoms with Gasteiger partial charge in [-0.15, -0.1) is 0 Å². The number of ether oxygens (including phenoxy) is 1. The summed E-state index contributed by atoms with van der Waals surface area (Å²) in [7, 11) is 3.79. The van der Waals surface area contributed by atoms with E-state index in [0.29, 0.717) is 16.9 Å². The number of allylic oxidation sites excluding steroid dienone is 2. The van der Waals surface area contributed by atoms with Crippen LogP contribution in [0, 0.1) is 6.92 Å². The first-order chi connectivity index (χ1) is 20.2. The number of nitrogen functional groups attached to an aromatic ring is 1. The summed E-state index contributed by atoms with van der Waals surface area (Å²) in [6, 6.07) is 14.8. The third-order valence-electron chi connectivity index (χ3n) is 8.42. The highest BCUT2D eigenvalue weighted by Crippen LogP contribution is 2.38. The molecule has 1 saturated heterocycles. The lowest BCUT2D eigenvalue weighted by Crippen LogP contribution is -2.46. The summed E-state index contributed by atoms with van der Waals surface area (Å²) in [6.45, 7) is 17.0. The Morgan fingerprint density at radius 3 is 2.26 bits per heavy atom. The Labute approximate surface area is 254 Å². The second-order valence-corrected chi connectivity index (χ2v) is 11.9. The van der Waals surface area contributed by atoms with Crippen LogP contribution in [0.4, 0.5) is 11.5 Å². The van der Waals surface area contributed by atoms with Gasteiger partial charge in [0.1, 0.15) is 12.4 Å². The van der Waals surface area contributed by atoms with E-state index in [1.807, 2.05) is 32.9 Å². The number of pyridine rings is 1. The molecule has 0 radical (unpaired) electrons. The fourth-order valence-electron chi connectivity index (χ4n) is 6.07. The van der Waals surface area contributed by atoms with E-state index < -0.39 is 0 Å². The third kappa shape index (κ3) is 7.91. The van der Waals surface area contributed by atoms with Gasteiger partial charge in [-0.25, -0.2) is 9.78 Å². The summed E-state index contributed by atoms with van der Waals surface area (Å²) in [4.78, 5) is 19.4. The predicted molar refractivity (Wildman–Crippen MR) is 178 cm³/mol. The lowest BCUT2D eigenvalue weighted by atomic mass is 10.0. The molecule has 2 aromatic carbocycles. The zero-order valence-electron chi connectivity index (χ0n) is 27.3. The van der Waals surface area contributed by atoms with E-state index in [9.17, 15) is 4.79 Å². The summed E-state index contributed by atoms with van der Waals surface area (Å²) >= 11 is 0. The van der Waals surface area contributed by atoms with Gasteiger partial charge >= 0.3 is 5.97 Å². The molecule has 1 aromatic heterocycles. The molecule has 0 spiro atoms. The molecule has 2 heterocycles. The van der Waals surface area contributed by atoms with Crippen LogP contribution in [0.25, 0.3) is 10.9 Å². The molecule has 6 nitrogen and oxygen atoms in total. The molecule has 0 aliphatic carbocycles. The SMILES string of the molecule is CC.CCCCC(=C(C)C)N(Cc1ccc(C[N+]2(C)CCCCC2)cc1)c1c(C)c(N)nc2cc(C(=O)OC)ccc12. The number of piperidine rings is 1. The third-order valence-corrected chi connectivity index (χ3v) is 8.42. The van der Waals surface area contributed by atoms with E-state index in [-0.39, 0.29) is 5.97 Å². The highest BCUT2D eigenvalue weighted by Gasteiger charge is 2.25. The molecule has 1 aliphatic rings. The molecule has 228 valence electrons. The number of esters is 1. The van der Waals surface area contributed by atoms with Gasteiger partial charge < -0.3 is 19.9 Å². The Morgan fingerprint density at radius 1 is 1.02 bits per heavy atom. The number of benzene rings is 2. The number of nitrogens with two attached hydrogens (primary N) is 1. The molecule has 0 amide bonds. The van der Waals surface area contributed by atoms with Gasteiger partial charge in [0.05, 0.1) is 44.0 Å². The van der Waals surface area contributed by atoms with E-state index in [1.165, 1.54) is 61.9 Å². The van der Waals surface area contributed by atoms with E-state index in [1.54, 1.807) is 6.07 Å². The Bertz CT molecular complexity index is 1370. The average Bonchev–Trinajstić information content (AvgIpc) is 2.99. The van der Waals surface area contributed by atoms with Gasteiger partial charge in [-0.1, -0.05) is 57.0 Å². The van der Waals surface area contributed by atoms with Crippen molar-refractivity contribution >= 4 is 28.4 Å².